The van der Waals surface area contributed by atoms with Gasteiger partial charge in [-0.25, -0.2) is 4.98 Å². The number of fused-ring (bicyclic) bond motifs is 2. The van der Waals surface area contributed by atoms with Crippen molar-refractivity contribution in [3.05, 3.63) is 72.6 Å². The zero-order chi connectivity index (χ0) is 20.9. The average molecular weight is 402 g/mol. The van der Waals surface area contributed by atoms with Gasteiger partial charge in [0, 0.05) is 18.4 Å². The van der Waals surface area contributed by atoms with E-state index in [0.29, 0.717) is 13.0 Å². The standard InChI is InChI=1S/C25H27N3O2/c1-3-24(29)26-18(2)25-27-21-13-6-7-14-22(21)28(25)16-9-17-30-23-15-8-11-19-10-4-5-12-20(19)23/h4-8,10-15,18H,3,9,16-17H2,1-2H3,(H,26,29). The number of imidazole rings is 1. The predicted octanol–water partition coefficient (Wildman–Crippen LogP) is 5.25. The maximum absolute atomic E-state index is 11.9. The molecule has 4 aromatic rings. The van der Waals surface area contributed by atoms with E-state index in [9.17, 15) is 4.79 Å². The summed E-state index contributed by atoms with van der Waals surface area (Å²) in [5, 5.41) is 5.34. The molecule has 1 amide bonds. The lowest BCUT2D eigenvalue weighted by Gasteiger charge is -2.16. The molecule has 5 heteroatoms. The fourth-order valence-corrected chi connectivity index (χ4v) is 3.79. The van der Waals surface area contributed by atoms with E-state index in [2.05, 4.69) is 34.1 Å². The van der Waals surface area contributed by atoms with E-state index in [1.165, 1.54) is 5.39 Å². The van der Waals surface area contributed by atoms with Gasteiger partial charge in [0.05, 0.1) is 23.7 Å². The Morgan fingerprint density at radius 3 is 2.70 bits per heavy atom. The van der Waals surface area contributed by atoms with E-state index in [1.54, 1.807) is 0 Å². The lowest BCUT2D eigenvalue weighted by Crippen LogP contribution is -2.28. The molecule has 5 nitrogen and oxygen atoms in total. The van der Waals surface area contributed by atoms with Crippen LogP contribution in [0.5, 0.6) is 5.75 Å². The Morgan fingerprint density at radius 2 is 1.83 bits per heavy atom. The summed E-state index contributed by atoms with van der Waals surface area (Å²) in [6.07, 6.45) is 1.30. The second kappa shape index (κ2) is 8.99. The van der Waals surface area contributed by atoms with Crippen LogP contribution >= 0.6 is 0 Å². The summed E-state index contributed by atoms with van der Waals surface area (Å²) < 4.78 is 8.31. The van der Waals surface area contributed by atoms with Crippen LogP contribution in [0.25, 0.3) is 21.8 Å². The zero-order valence-corrected chi connectivity index (χ0v) is 17.5. The molecule has 1 heterocycles. The van der Waals surface area contributed by atoms with Crippen molar-refractivity contribution in [3.8, 4) is 5.75 Å². The first-order valence-corrected chi connectivity index (χ1v) is 10.5. The summed E-state index contributed by atoms with van der Waals surface area (Å²) in [5.41, 5.74) is 2.02. The van der Waals surface area contributed by atoms with Crippen LogP contribution in [0.1, 0.15) is 38.6 Å². The second-order valence-electron chi connectivity index (χ2n) is 7.43. The van der Waals surface area contributed by atoms with Crippen molar-refractivity contribution >= 4 is 27.7 Å². The molecule has 154 valence electrons. The molecule has 0 saturated carbocycles. The highest BCUT2D eigenvalue weighted by Crippen LogP contribution is 2.26. The fourth-order valence-electron chi connectivity index (χ4n) is 3.79. The maximum Gasteiger partial charge on any atom is 0.220 e. The van der Waals surface area contributed by atoms with Crippen molar-refractivity contribution in [3.63, 3.8) is 0 Å². The summed E-state index contributed by atoms with van der Waals surface area (Å²) in [4.78, 5) is 16.7. The molecule has 1 N–H and O–H groups in total. The van der Waals surface area contributed by atoms with Crippen molar-refractivity contribution in [2.75, 3.05) is 6.61 Å². The SMILES string of the molecule is CCC(=O)NC(C)c1nc2ccccc2n1CCCOc1cccc2ccccc12. The second-order valence-corrected chi connectivity index (χ2v) is 7.43. The molecule has 0 radical (unpaired) electrons. The minimum atomic E-state index is -0.149. The largest absolute Gasteiger partial charge is 0.493 e. The number of rotatable bonds is 8. The van der Waals surface area contributed by atoms with E-state index in [-0.39, 0.29) is 11.9 Å². The average Bonchev–Trinajstić information content (AvgIpc) is 3.15. The molecule has 3 aromatic carbocycles. The number of hydrogen-bond donors (Lipinski definition) is 1. The quantitative estimate of drug-likeness (QED) is 0.411. The molecule has 1 atom stereocenters. The van der Waals surface area contributed by atoms with Gasteiger partial charge in [0.1, 0.15) is 11.6 Å². The van der Waals surface area contributed by atoms with Gasteiger partial charge in [0.2, 0.25) is 5.91 Å². The molecular formula is C25H27N3O2. The Hall–Kier alpha value is -3.34. The number of aryl methyl sites for hydroxylation is 1. The molecule has 1 aromatic heterocycles. The molecule has 0 aliphatic carbocycles. The summed E-state index contributed by atoms with van der Waals surface area (Å²) in [7, 11) is 0. The predicted molar refractivity (Wildman–Crippen MR) is 121 cm³/mol. The molecule has 0 fully saturated rings. The third-order valence-electron chi connectivity index (χ3n) is 5.30. The van der Waals surface area contributed by atoms with Crippen molar-refractivity contribution in [1.29, 1.82) is 0 Å². The Morgan fingerprint density at radius 1 is 1.07 bits per heavy atom. The Labute approximate surface area is 176 Å². The number of amides is 1. The van der Waals surface area contributed by atoms with E-state index in [0.717, 1.165) is 41.0 Å². The van der Waals surface area contributed by atoms with Crippen LogP contribution in [0.15, 0.2) is 66.7 Å². The van der Waals surface area contributed by atoms with Crippen molar-refractivity contribution < 1.29 is 9.53 Å². The van der Waals surface area contributed by atoms with Gasteiger partial charge >= 0.3 is 0 Å². The van der Waals surface area contributed by atoms with Crippen molar-refractivity contribution in [2.24, 2.45) is 0 Å². The number of nitrogens with zero attached hydrogens (tertiary/aromatic N) is 2. The molecule has 0 spiro atoms. The van der Waals surface area contributed by atoms with Gasteiger partial charge in [-0.1, -0.05) is 55.5 Å². The van der Waals surface area contributed by atoms with Crippen LogP contribution in [-0.2, 0) is 11.3 Å². The molecular weight excluding hydrogens is 374 g/mol. The minimum Gasteiger partial charge on any atom is -0.493 e. The van der Waals surface area contributed by atoms with Crippen LogP contribution in [0.3, 0.4) is 0 Å². The third kappa shape index (κ3) is 4.15. The van der Waals surface area contributed by atoms with Gasteiger partial charge in [-0.2, -0.15) is 0 Å². The third-order valence-corrected chi connectivity index (χ3v) is 5.30. The van der Waals surface area contributed by atoms with Gasteiger partial charge in [0.15, 0.2) is 0 Å². The first kappa shape index (κ1) is 20.0. The van der Waals surface area contributed by atoms with E-state index in [4.69, 9.17) is 9.72 Å². The number of carbonyl (C=O) groups excluding carboxylic acids is 1. The van der Waals surface area contributed by atoms with Gasteiger partial charge in [0.25, 0.3) is 0 Å². The van der Waals surface area contributed by atoms with Gasteiger partial charge < -0.3 is 14.6 Å². The smallest absolute Gasteiger partial charge is 0.220 e. The Bertz CT molecular complexity index is 1160. The lowest BCUT2D eigenvalue weighted by molar-refractivity contribution is -0.121. The summed E-state index contributed by atoms with van der Waals surface area (Å²) in [5.74, 6) is 1.82. The number of nitrogens with one attached hydrogen (secondary N) is 1. The maximum atomic E-state index is 11.9. The van der Waals surface area contributed by atoms with E-state index < -0.39 is 0 Å². The number of para-hydroxylation sites is 2. The molecule has 1 unspecified atom stereocenters. The molecule has 0 aliphatic rings. The van der Waals surface area contributed by atoms with E-state index >= 15 is 0 Å². The van der Waals surface area contributed by atoms with Gasteiger partial charge in [-0.3, -0.25) is 4.79 Å². The molecule has 4 rings (SSSR count). The molecule has 0 aliphatic heterocycles. The van der Waals surface area contributed by atoms with E-state index in [1.807, 2.05) is 56.3 Å². The topological polar surface area (TPSA) is 56.2 Å². The van der Waals surface area contributed by atoms with Gasteiger partial charge in [-0.05, 0) is 36.9 Å². The first-order valence-electron chi connectivity index (χ1n) is 10.5. The first-order chi connectivity index (χ1) is 14.7. The van der Waals surface area contributed by atoms with Gasteiger partial charge in [-0.15, -0.1) is 0 Å². The van der Waals surface area contributed by atoms with Crippen molar-refractivity contribution in [1.82, 2.24) is 14.9 Å². The summed E-state index contributed by atoms with van der Waals surface area (Å²) >= 11 is 0. The summed E-state index contributed by atoms with van der Waals surface area (Å²) in [6.45, 7) is 5.22. The fraction of sp³-hybridized carbons (Fsp3) is 0.280. The van der Waals surface area contributed by atoms with Crippen LogP contribution in [0.2, 0.25) is 0 Å². The van der Waals surface area contributed by atoms with Crippen LogP contribution in [0, 0.1) is 0 Å². The molecule has 0 saturated heterocycles. The lowest BCUT2D eigenvalue weighted by atomic mass is 10.1. The monoisotopic (exact) mass is 401 g/mol. The number of benzene rings is 3. The molecule has 30 heavy (non-hydrogen) atoms. The Balaban J connectivity index is 1.49. The number of carbonyl (C=O) groups is 1. The summed E-state index contributed by atoms with van der Waals surface area (Å²) in [6, 6.07) is 22.3. The van der Waals surface area contributed by atoms with Crippen molar-refractivity contribution in [2.45, 2.75) is 39.3 Å². The highest BCUT2D eigenvalue weighted by molar-refractivity contribution is 5.88. The number of aromatic nitrogens is 2. The minimum absolute atomic E-state index is 0.0281. The Kier molecular flexibility index (Phi) is 5.98. The van der Waals surface area contributed by atoms with Crippen LogP contribution in [0.4, 0.5) is 0 Å². The number of hydrogen-bond acceptors (Lipinski definition) is 3. The zero-order valence-electron chi connectivity index (χ0n) is 17.5. The highest BCUT2D eigenvalue weighted by atomic mass is 16.5. The van der Waals surface area contributed by atoms with Crippen LogP contribution < -0.4 is 10.1 Å². The van der Waals surface area contributed by atoms with Crippen LogP contribution in [-0.4, -0.2) is 22.1 Å². The normalized spacial score (nSPS) is 12.2. The molecule has 0 bridgehead atoms. The highest BCUT2D eigenvalue weighted by Gasteiger charge is 2.17. The number of ether oxygens (including phenoxy) is 1.